The quantitative estimate of drug-likeness (QED) is 0.302. The van der Waals surface area contributed by atoms with E-state index in [9.17, 15) is 0 Å². The zero-order valence-electron chi connectivity index (χ0n) is 11.5. The van der Waals surface area contributed by atoms with Crippen LogP contribution >= 0.6 is 15.9 Å². The van der Waals surface area contributed by atoms with Crippen molar-refractivity contribution < 1.29 is 9.47 Å². The first-order valence-corrected chi connectivity index (χ1v) is 7.72. The second-order valence-electron chi connectivity index (χ2n) is 4.94. The molecule has 3 heteroatoms. The van der Waals surface area contributed by atoms with Gasteiger partial charge in [-0.15, -0.1) is 0 Å². The fraction of sp³-hybridized carbons (Fsp3) is 0.857. The van der Waals surface area contributed by atoms with E-state index in [1.165, 1.54) is 11.1 Å². The Kier molecular flexibility index (Phi) is 6.75. The molecule has 0 aromatic rings. The number of rotatable bonds is 7. The van der Waals surface area contributed by atoms with Crippen molar-refractivity contribution in [2.75, 3.05) is 11.9 Å². The molecule has 0 aromatic heterocycles. The topological polar surface area (TPSA) is 18.5 Å². The maximum Gasteiger partial charge on any atom is 0.167 e. The molecular formula is C14H25BrO2. The minimum absolute atomic E-state index is 0.111. The Hall–Kier alpha value is 0.140. The molecule has 100 valence electrons. The van der Waals surface area contributed by atoms with Crippen LogP contribution in [0.15, 0.2) is 11.1 Å². The van der Waals surface area contributed by atoms with E-state index >= 15 is 0 Å². The van der Waals surface area contributed by atoms with Gasteiger partial charge in [-0.05, 0) is 38.2 Å². The number of ether oxygens (including phenoxy) is 2. The van der Waals surface area contributed by atoms with Gasteiger partial charge in [0.25, 0.3) is 0 Å². The van der Waals surface area contributed by atoms with E-state index in [1.54, 1.807) is 0 Å². The highest BCUT2D eigenvalue weighted by Crippen LogP contribution is 2.34. The number of alkyl halides is 1. The Morgan fingerprint density at radius 1 is 1.35 bits per heavy atom. The van der Waals surface area contributed by atoms with Gasteiger partial charge in [0.15, 0.2) is 6.29 Å². The van der Waals surface area contributed by atoms with Crippen LogP contribution in [-0.2, 0) is 9.47 Å². The lowest BCUT2D eigenvalue weighted by atomic mass is 10.1. The van der Waals surface area contributed by atoms with Crippen LogP contribution in [0.5, 0.6) is 0 Å². The third-order valence-electron chi connectivity index (χ3n) is 3.66. The van der Waals surface area contributed by atoms with E-state index in [4.69, 9.17) is 9.47 Å². The van der Waals surface area contributed by atoms with Crippen LogP contribution in [0.2, 0.25) is 0 Å². The van der Waals surface area contributed by atoms with Crippen molar-refractivity contribution in [1.29, 1.82) is 0 Å². The van der Waals surface area contributed by atoms with Crippen molar-refractivity contribution >= 4 is 15.9 Å². The molecule has 1 aliphatic rings. The summed E-state index contributed by atoms with van der Waals surface area (Å²) in [5, 5.41) is 0.744. The summed E-state index contributed by atoms with van der Waals surface area (Å²) in [6.07, 6.45) is 3.49. The van der Waals surface area contributed by atoms with Crippen LogP contribution in [0.25, 0.3) is 0 Å². The third kappa shape index (κ3) is 4.38. The fourth-order valence-electron chi connectivity index (χ4n) is 2.14. The zero-order valence-corrected chi connectivity index (χ0v) is 13.0. The van der Waals surface area contributed by atoms with Crippen molar-refractivity contribution in [2.24, 2.45) is 5.92 Å². The number of allylic oxidation sites excluding steroid dienone is 1. The molecule has 1 rings (SSSR count). The molecule has 0 N–H and O–H groups in total. The summed E-state index contributed by atoms with van der Waals surface area (Å²) in [7, 11) is 0. The molecule has 1 aliphatic carbocycles. The predicted molar refractivity (Wildman–Crippen MR) is 75.5 cm³/mol. The van der Waals surface area contributed by atoms with Crippen molar-refractivity contribution in [1.82, 2.24) is 0 Å². The number of halogens is 1. The van der Waals surface area contributed by atoms with Gasteiger partial charge in [-0.1, -0.05) is 41.8 Å². The summed E-state index contributed by atoms with van der Waals surface area (Å²) in [6.45, 7) is 9.62. The molecule has 0 amide bonds. The average Bonchev–Trinajstić information content (AvgIpc) is 2.56. The van der Waals surface area contributed by atoms with Crippen molar-refractivity contribution in [3.05, 3.63) is 11.1 Å². The second-order valence-corrected chi connectivity index (χ2v) is 5.58. The predicted octanol–water partition coefficient (Wildman–Crippen LogP) is 4.29. The minimum Gasteiger partial charge on any atom is -0.352 e. The summed E-state index contributed by atoms with van der Waals surface area (Å²) in [6, 6.07) is 0. The van der Waals surface area contributed by atoms with Crippen LogP contribution < -0.4 is 0 Å². The van der Waals surface area contributed by atoms with Gasteiger partial charge in [0.05, 0.1) is 11.4 Å². The number of hydrogen-bond donors (Lipinski definition) is 0. The molecule has 0 aromatic carbocycles. The molecule has 3 unspecified atom stereocenters. The molecule has 0 radical (unpaired) electrons. The van der Waals surface area contributed by atoms with Crippen LogP contribution in [0, 0.1) is 5.92 Å². The first-order chi connectivity index (χ1) is 8.10. The lowest BCUT2D eigenvalue weighted by molar-refractivity contribution is -0.148. The summed E-state index contributed by atoms with van der Waals surface area (Å²) >= 11 is 3.46. The maximum atomic E-state index is 6.03. The molecule has 0 bridgehead atoms. The lowest BCUT2D eigenvalue weighted by Crippen LogP contribution is -2.26. The smallest absolute Gasteiger partial charge is 0.167 e. The molecule has 2 nitrogen and oxygen atoms in total. The summed E-state index contributed by atoms with van der Waals surface area (Å²) in [4.78, 5) is 0. The van der Waals surface area contributed by atoms with E-state index in [2.05, 4.69) is 43.6 Å². The summed E-state index contributed by atoms with van der Waals surface area (Å²) in [5.41, 5.74) is 2.87. The van der Waals surface area contributed by atoms with Gasteiger partial charge in [-0.3, -0.25) is 0 Å². The first kappa shape index (κ1) is 15.2. The van der Waals surface area contributed by atoms with Crippen molar-refractivity contribution in [2.45, 2.75) is 59.4 Å². The Balaban J connectivity index is 2.41. The Morgan fingerprint density at radius 3 is 2.53 bits per heavy atom. The summed E-state index contributed by atoms with van der Waals surface area (Å²) in [5.74, 6) is 0.645. The Bertz CT molecular complexity index is 263. The number of unbranched alkanes of at least 4 members (excludes halogenated alkanes) is 1. The monoisotopic (exact) mass is 304 g/mol. The molecule has 17 heavy (non-hydrogen) atoms. The molecule has 0 fully saturated rings. The highest BCUT2D eigenvalue weighted by molar-refractivity contribution is 9.09. The Labute approximate surface area is 114 Å². The first-order valence-electron chi connectivity index (χ1n) is 6.60. The van der Waals surface area contributed by atoms with Crippen molar-refractivity contribution in [3.8, 4) is 0 Å². The average molecular weight is 305 g/mol. The van der Waals surface area contributed by atoms with Crippen LogP contribution in [0.3, 0.4) is 0 Å². The molecule has 0 spiro atoms. The lowest BCUT2D eigenvalue weighted by Gasteiger charge is -2.22. The van der Waals surface area contributed by atoms with Gasteiger partial charge in [-0.25, -0.2) is 0 Å². The van der Waals surface area contributed by atoms with E-state index in [-0.39, 0.29) is 12.4 Å². The molecule has 0 saturated heterocycles. The van der Waals surface area contributed by atoms with E-state index in [0.717, 1.165) is 31.2 Å². The SMILES string of the molecule is CCCCOC(CBr)OC1CC(C)C(C)=C1C. The maximum absolute atomic E-state index is 6.03. The highest BCUT2D eigenvalue weighted by Gasteiger charge is 2.28. The van der Waals surface area contributed by atoms with Crippen molar-refractivity contribution in [3.63, 3.8) is 0 Å². The van der Waals surface area contributed by atoms with Crippen LogP contribution in [0.4, 0.5) is 0 Å². The third-order valence-corrected chi connectivity index (χ3v) is 4.18. The largest absolute Gasteiger partial charge is 0.352 e. The molecule has 0 heterocycles. The van der Waals surface area contributed by atoms with E-state index in [0.29, 0.717) is 5.92 Å². The highest BCUT2D eigenvalue weighted by atomic mass is 79.9. The Morgan fingerprint density at radius 2 is 2.06 bits per heavy atom. The van der Waals surface area contributed by atoms with Gasteiger partial charge in [0.1, 0.15) is 0 Å². The van der Waals surface area contributed by atoms with Crippen LogP contribution in [0.1, 0.15) is 47.0 Å². The van der Waals surface area contributed by atoms with Gasteiger partial charge < -0.3 is 9.47 Å². The second kappa shape index (κ2) is 7.55. The normalized spacial score (nSPS) is 26.6. The van der Waals surface area contributed by atoms with E-state index < -0.39 is 0 Å². The van der Waals surface area contributed by atoms with E-state index in [1.807, 2.05) is 0 Å². The summed E-state index contributed by atoms with van der Waals surface area (Å²) < 4.78 is 11.8. The molecule has 0 saturated carbocycles. The van der Waals surface area contributed by atoms with Gasteiger partial charge in [0, 0.05) is 6.61 Å². The van der Waals surface area contributed by atoms with Gasteiger partial charge >= 0.3 is 0 Å². The number of hydrogen-bond acceptors (Lipinski definition) is 2. The minimum atomic E-state index is -0.111. The standard InChI is InChI=1S/C14H25BrO2/c1-5-6-7-16-14(9-15)17-13-8-10(2)11(3)12(13)4/h10,13-14H,5-9H2,1-4H3. The zero-order chi connectivity index (χ0) is 12.8. The molecule has 0 aliphatic heterocycles. The molecule has 3 atom stereocenters. The van der Waals surface area contributed by atoms with Crippen LogP contribution in [-0.4, -0.2) is 24.3 Å². The van der Waals surface area contributed by atoms with Gasteiger partial charge in [0.2, 0.25) is 0 Å². The fourth-order valence-corrected chi connectivity index (χ4v) is 2.48. The molecular weight excluding hydrogens is 280 g/mol. The van der Waals surface area contributed by atoms with Gasteiger partial charge in [-0.2, -0.15) is 0 Å².